The highest BCUT2D eigenvalue weighted by molar-refractivity contribution is 6.41. The van der Waals surface area contributed by atoms with E-state index in [1.807, 2.05) is 0 Å². The summed E-state index contributed by atoms with van der Waals surface area (Å²) in [6, 6.07) is 4.77. The Morgan fingerprint density at radius 3 is 2.33 bits per heavy atom. The first-order valence-corrected chi connectivity index (χ1v) is 6.17. The van der Waals surface area contributed by atoms with Crippen LogP contribution in [0, 0.1) is 0 Å². The number of rotatable bonds is 2. The van der Waals surface area contributed by atoms with Gasteiger partial charge < -0.3 is 10.8 Å². The van der Waals surface area contributed by atoms with Crippen molar-refractivity contribution >= 4 is 40.5 Å². The maximum atomic E-state index is 9.18. The smallest absolute Gasteiger partial charge is 0.0964 e. The molecule has 2 rings (SSSR count). The van der Waals surface area contributed by atoms with E-state index in [4.69, 9.17) is 40.5 Å². The molecule has 0 radical (unpaired) electrons. The van der Waals surface area contributed by atoms with E-state index >= 15 is 0 Å². The summed E-state index contributed by atoms with van der Waals surface area (Å²) in [5.41, 5.74) is 7.80. The van der Waals surface area contributed by atoms with Crippen molar-refractivity contribution in [2.45, 2.75) is 6.61 Å². The predicted molar refractivity (Wildman–Crippen MR) is 75.0 cm³/mol. The van der Waals surface area contributed by atoms with Crippen LogP contribution in [-0.4, -0.2) is 10.1 Å². The number of pyridine rings is 1. The Balaban J connectivity index is 2.70. The number of benzene rings is 1. The van der Waals surface area contributed by atoms with Crippen LogP contribution in [0.5, 0.6) is 0 Å². The molecule has 0 saturated heterocycles. The fraction of sp³-hybridized carbons (Fsp3) is 0.0833. The van der Waals surface area contributed by atoms with Crippen molar-refractivity contribution in [2.24, 2.45) is 0 Å². The Bertz CT molecular complexity index is 579. The molecule has 1 heterocycles. The van der Waals surface area contributed by atoms with Gasteiger partial charge in [0.2, 0.25) is 0 Å². The number of hydrogen-bond donors (Lipinski definition) is 2. The third kappa shape index (κ3) is 2.40. The first-order chi connectivity index (χ1) is 8.54. The largest absolute Gasteiger partial charge is 0.397 e. The van der Waals surface area contributed by atoms with Crippen LogP contribution in [0.2, 0.25) is 15.1 Å². The second-order valence-electron chi connectivity index (χ2n) is 3.63. The fourth-order valence-corrected chi connectivity index (χ4v) is 2.61. The van der Waals surface area contributed by atoms with Gasteiger partial charge in [-0.2, -0.15) is 0 Å². The fourth-order valence-electron chi connectivity index (χ4n) is 1.62. The van der Waals surface area contributed by atoms with E-state index < -0.39 is 0 Å². The Labute approximate surface area is 119 Å². The van der Waals surface area contributed by atoms with Crippen LogP contribution in [0.4, 0.5) is 5.69 Å². The number of aliphatic hydroxyl groups is 1. The molecule has 94 valence electrons. The maximum Gasteiger partial charge on any atom is 0.0964 e. The molecule has 0 spiro atoms. The number of nitrogens with two attached hydrogens (primary N) is 1. The SMILES string of the molecule is Nc1c(CO)ccnc1-c1c(Cl)cc(Cl)cc1Cl. The van der Waals surface area contributed by atoms with Crippen LogP contribution in [0.1, 0.15) is 5.56 Å². The van der Waals surface area contributed by atoms with Gasteiger partial charge >= 0.3 is 0 Å². The van der Waals surface area contributed by atoms with Crippen molar-refractivity contribution in [3.8, 4) is 11.3 Å². The van der Waals surface area contributed by atoms with E-state index in [0.29, 0.717) is 37.6 Å². The van der Waals surface area contributed by atoms with Gasteiger partial charge in [0.15, 0.2) is 0 Å². The van der Waals surface area contributed by atoms with Gasteiger partial charge in [-0.25, -0.2) is 0 Å². The van der Waals surface area contributed by atoms with E-state index in [0.717, 1.165) is 0 Å². The highest BCUT2D eigenvalue weighted by Gasteiger charge is 2.15. The van der Waals surface area contributed by atoms with Gasteiger partial charge in [-0.15, -0.1) is 0 Å². The molecule has 0 aliphatic heterocycles. The zero-order chi connectivity index (χ0) is 13.3. The molecular formula is C12H9Cl3N2O. The average molecular weight is 304 g/mol. The molecule has 6 heteroatoms. The molecule has 0 fully saturated rings. The standard InChI is InChI=1S/C12H9Cl3N2O/c13-7-3-8(14)10(9(15)4-7)12-11(16)6(5-18)1-2-17-12/h1-4,18H,5,16H2. The molecule has 1 aromatic heterocycles. The minimum atomic E-state index is -0.176. The zero-order valence-electron chi connectivity index (χ0n) is 9.12. The van der Waals surface area contributed by atoms with Gasteiger partial charge in [-0.3, -0.25) is 4.98 Å². The predicted octanol–water partition coefficient (Wildman–Crippen LogP) is 3.78. The van der Waals surface area contributed by atoms with E-state index in [2.05, 4.69) is 4.98 Å². The average Bonchev–Trinajstić information content (AvgIpc) is 2.30. The Kier molecular flexibility index (Phi) is 3.97. The van der Waals surface area contributed by atoms with Crippen molar-refractivity contribution in [1.82, 2.24) is 4.98 Å². The molecule has 1 aromatic carbocycles. The summed E-state index contributed by atoms with van der Waals surface area (Å²) in [5, 5.41) is 10.3. The second-order valence-corrected chi connectivity index (χ2v) is 4.89. The van der Waals surface area contributed by atoms with Gasteiger partial charge in [0.25, 0.3) is 0 Å². The Hall–Kier alpha value is -1.000. The third-order valence-electron chi connectivity index (χ3n) is 2.49. The van der Waals surface area contributed by atoms with Gasteiger partial charge in [-0.05, 0) is 18.2 Å². The third-order valence-corrected chi connectivity index (χ3v) is 3.31. The van der Waals surface area contributed by atoms with Crippen molar-refractivity contribution in [2.75, 3.05) is 5.73 Å². The molecule has 0 aliphatic rings. The quantitative estimate of drug-likeness (QED) is 0.887. The summed E-state index contributed by atoms with van der Waals surface area (Å²) in [6.07, 6.45) is 1.54. The van der Waals surface area contributed by atoms with Crippen molar-refractivity contribution in [3.05, 3.63) is 45.0 Å². The first kappa shape index (κ1) is 13.4. The summed E-state index contributed by atoms with van der Waals surface area (Å²) in [7, 11) is 0. The van der Waals surface area contributed by atoms with Crippen LogP contribution in [0.3, 0.4) is 0 Å². The molecule has 3 N–H and O–H groups in total. The van der Waals surface area contributed by atoms with E-state index in [1.54, 1.807) is 24.4 Å². The van der Waals surface area contributed by atoms with Crippen LogP contribution in [0.15, 0.2) is 24.4 Å². The molecule has 2 aromatic rings. The Morgan fingerprint density at radius 1 is 1.17 bits per heavy atom. The number of nitrogen functional groups attached to an aromatic ring is 1. The molecule has 18 heavy (non-hydrogen) atoms. The number of aliphatic hydroxyl groups excluding tert-OH is 1. The lowest BCUT2D eigenvalue weighted by atomic mass is 10.1. The lowest BCUT2D eigenvalue weighted by molar-refractivity contribution is 0.282. The molecule has 0 aliphatic carbocycles. The lowest BCUT2D eigenvalue weighted by Gasteiger charge is -2.11. The van der Waals surface area contributed by atoms with Crippen LogP contribution >= 0.6 is 34.8 Å². The number of hydrogen-bond acceptors (Lipinski definition) is 3. The summed E-state index contributed by atoms with van der Waals surface area (Å²) in [6.45, 7) is -0.176. The van der Waals surface area contributed by atoms with Crippen molar-refractivity contribution in [1.29, 1.82) is 0 Å². The van der Waals surface area contributed by atoms with Crippen LogP contribution < -0.4 is 5.73 Å². The number of anilines is 1. The lowest BCUT2D eigenvalue weighted by Crippen LogP contribution is -2.00. The minimum absolute atomic E-state index is 0.176. The van der Waals surface area contributed by atoms with E-state index in [1.165, 1.54) is 0 Å². The summed E-state index contributed by atoms with van der Waals surface area (Å²) in [5.74, 6) is 0. The molecule has 0 saturated carbocycles. The first-order valence-electron chi connectivity index (χ1n) is 5.03. The van der Waals surface area contributed by atoms with E-state index in [9.17, 15) is 5.11 Å². The van der Waals surface area contributed by atoms with Crippen molar-refractivity contribution in [3.63, 3.8) is 0 Å². The molecule has 0 atom stereocenters. The summed E-state index contributed by atoms with van der Waals surface area (Å²) in [4.78, 5) is 4.16. The van der Waals surface area contributed by atoms with Gasteiger partial charge in [0, 0.05) is 22.3 Å². The molecule has 3 nitrogen and oxygen atoms in total. The zero-order valence-corrected chi connectivity index (χ0v) is 11.4. The second kappa shape index (κ2) is 5.33. The summed E-state index contributed by atoms with van der Waals surface area (Å²) < 4.78 is 0. The highest BCUT2D eigenvalue weighted by Crippen LogP contribution is 2.39. The molecule has 0 unspecified atom stereocenters. The Morgan fingerprint density at radius 2 is 1.78 bits per heavy atom. The number of halogens is 3. The molecule has 0 amide bonds. The van der Waals surface area contributed by atoms with Crippen LogP contribution in [-0.2, 0) is 6.61 Å². The maximum absolute atomic E-state index is 9.18. The topological polar surface area (TPSA) is 59.1 Å². The van der Waals surface area contributed by atoms with Gasteiger partial charge in [0.05, 0.1) is 28.0 Å². The van der Waals surface area contributed by atoms with Crippen LogP contribution in [0.25, 0.3) is 11.3 Å². The van der Waals surface area contributed by atoms with Gasteiger partial charge in [-0.1, -0.05) is 34.8 Å². The van der Waals surface area contributed by atoms with Crippen molar-refractivity contribution < 1.29 is 5.11 Å². The monoisotopic (exact) mass is 302 g/mol. The number of nitrogens with zero attached hydrogens (tertiary/aromatic N) is 1. The summed E-state index contributed by atoms with van der Waals surface area (Å²) >= 11 is 18.1. The minimum Gasteiger partial charge on any atom is -0.397 e. The van der Waals surface area contributed by atoms with Gasteiger partial charge in [0.1, 0.15) is 0 Å². The molecular weight excluding hydrogens is 295 g/mol. The van der Waals surface area contributed by atoms with E-state index in [-0.39, 0.29) is 6.61 Å². The normalized spacial score (nSPS) is 10.7. The highest BCUT2D eigenvalue weighted by atomic mass is 35.5. The molecule has 0 bridgehead atoms. The number of aromatic nitrogens is 1.